The summed E-state index contributed by atoms with van der Waals surface area (Å²) in [5, 5.41) is 1.39. The van der Waals surface area contributed by atoms with E-state index in [-0.39, 0.29) is 44.9 Å². The van der Waals surface area contributed by atoms with Crippen LogP contribution in [0.25, 0.3) is 0 Å². The van der Waals surface area contributed by atoms with Crippen LogP contribution in [0.5, 0.6) is 0 Å². The van der Waals surface area contributed by atoms with E-state index in [4.69, 9.17) is 13.3 Å². The highest BCUT2D eigenvalue weighted by atomic mass is 28.4. The first-order chi connectivity index (χ1) is 16.4. The monoisotopic (exact) mass is 562 g/mol. The van der Waals surface area contributed by atoms with Crippen molar-refractivity contribution in [3.63, 3.8) is 0 Å². The van der Waals surface area contributed by atoms with Crippen molar-refractivity contribution in [1.82, 2.24) is 0 Å². The third-order valence-electron chi connectivity index (χ3n) is 10.5. The fourth-order valence-electron chi connectivity index (χ4n) is 4.89. The van der Waals surface area contributed by atoms with Crippen LogP contribution in [0, 0.1) is 5.92 Å². The van der Waals surface area contributed by atoms with Gasteiger partial charge in [0, 0.05) is 17.9 Å². The van der Waals surface area contributed by atoms with Crippen molar-refractivity contribution < 1.29 is 18.1 Å². The zero-order chi connectivity index (χ0) is 28.6. The van der Waals surface area contributed by atoms with Crippen LogP contribution in [0.3, 0.4) is 0 Å². The third-order valence-corrected chi connectivity index (χ3v) is 24.8. The molecule has 2 aliphatic rings. The van der Waals surface area contributed by atoms with Crippen molar-refractivity contribution in [2.75, 3.05) is 0 Å². The highest BCUT2D eigenvalue weighted by Gasteiger charge is 2.54. The Balaban J connectivity index is 2.25. The molecule has 1 heterocycles. The Hall–Kier alpha value is -0.739. The topological polar surface area (TPSA) is 48.7 Å². The second-order valence-corrected chi connectivity index (χ2v) is 30.9. The Kier molecular flexibility index (Phi) is 7.85. The molecule has 210 valence electrons. The summed E-state index contributed by atoms with van der Waals surface area (Å²) in [6.45, 7) is 34.6. The largest absolute Gasteiger partial charge is 0.474 e. The minimum atomic E-state index is -2.17. The van der Waals surface area contributed by atoms with E-state index in [1.54, 1.807) is 6.08 Å². The standard InChI is InChI=1S/C30H54O4Si3/c1-28(2,3)35(10,11)27-21-18-24(33-36(12,13)29(4,5)6)25-23(31)17-16-20(22(21)19-32-27)26(25)34-37(14,15)30(7,8)9/h16-17,19-20,24-26H,18H2,1-15H3/t20-,24+,25+,26+/m0/s1. The molecule has 4 nitrogen and oxygen atoms in total. The molecule has 0 aliphatic heterocycles. The summed E-state index contributed by atoms with van der Waals surface area (Å²) in [5.41, 5.74) is 2.49. The fourth-order valence-corrected chi connectivity index (χ4v) is 9.60. The maximum Gasteiger partial charge on any atom is 0.192 e. The molecule has 0 amide bonds. The number of ketones is 1. The Labute approximate surface area is 230 Å². The summed E-state index contributed by atoms with van der Waals surface area (Å²) in [7, 11) is -6.30. The zero-order valence-corrected chi connectivity index (χ0v) is 29.4. The quantitative estimate of drug-likeness (QED) is 0.340. The van der Waals surface area contributed by atoms with Gasteiger partial charge in [0.25, 0.3) is 0 Å². The van der Waals surface area contributed by atoms with E-state index in [9.17, 15) is 4.79 Å². The van der Waals surface area contributed by atoms with Gasteiger partial charge in [0.05, 0.1) is 29.8 Å². The smallest absolute Gasteiger partial charge is 0.192 e. The van der Waals surface area contributed by atoms with Gasteiger partial charge in [-0.25, -0.2) is 0 Å². The molecule has 2 bridgehead atoms. The average Bonchev–Trinajstić information content (AvgIpc) is 3.05. The van der Waals surface area contributed by atoms with Gasteiger partial charge in [0.1, 0.15) is 8.07 Å². The molecule has 0 N–H and O–H groups in total. The molecule has 4 atom stereocenters. The number of furan rings is 1. The van der Waals surface area contributed by atoms with E-state index < -0.39 is 24.7 Å². The number of hydrogen-bond donors (Lipinski definition) is 0. The summed E-state index contributed by atoms with van der Waals surface area (Å²) in [6.07, 6.45) is 6.14. The minimum absolute atomic E-state index is 0.00195. The number of carbonyl (C=O) groups is 1. The first kappa shape index (κ1) is 30.8. The third kappa shape index (κ3) is 5.49. The van der Waals surface area contributed by atoms with Crippen molar-refractivity contribution in [2.24, 2.45) is 5.92 Å². The van der Waals surface area contributed by atoms with Crippen molar-refractivity contribution in [3.05, 3.63) is 29.5 Å². The molecular formula is C30H54O4Si3. The minimum Gasteiger partial charge on any atom is -0.474 e. The first-order valence-corrected chi connectivity index (χ1v) is 22.9. The van der Waals surface area contributed by atoms with E-state index in [0.717, 1.165) is 0 Å². The van der Waals surface area contributed by atoms with Gasteiger partial charge in [-0.1, -0.05) is 81.5 Å². The van der Waals surface area contributed by atoms with Crippen LogP contribution in [0.15, 0.2) is 22.8 Å². The molecule has 0 saturated carbocycles. The van der Waals surface area contributed by atoms with Crippen LogP contribution in [0.1, 0.15) is 79.4 Å². The van der Waals surface area contributed by atoms with Gasteiger partial charge >= 0.3 is 0 Å². The van der Waals surface area contributed by atoms with Crippen LogP contribution in [-0.2, 0) is 20.1 Å². The molecule has 0 unspecified atom stereocenters. The molecule has 37 heavy (non-hydrogen) atoms. The molecule has 3 rings (SSSR count). The Morgan fingerprint density at radius 2 is 1.32 bits per heavy atom. The Morgan fingerprint density at radius 3 is 1.81 bits per heavy atom. The average molecular weight is 563 g/mol. The van der Waals surface area contributed by atoms with Crippen LogP contribution in [-0.4, -0.2) is 42.7 Å². The number of rotatable bonds is 5. The number of allylic oxidation sites excluding steroid dienone is 1. The van der Waals surface area contributed by atoms with Gasteiger partial charge in [-0.3, -0.25) is 4.79 Å². The second-order valence-electron chi connectivity index (χ2n) is 16.2. The first-order valence-electron chi connectivity index (χ1n) is 14.1. The summed E-state index contributed by atoms with van der Waals surface area (Å²) < 4.78 is 20.9. The van der Waals surface area contributed by atoms with Gasteiger partial charge < -0.3 is 13.3 Å². The zero-order valence-electron chi connectivity index (χ0n) is 26.4. The normalized spacial score (nSPS) is 25.8. The lowest BCUT2D eigenvalue weighted by atomic mass is 9.79. The molecule has 2 aliphatic carbocycles. The number of hydrogen-bond acceptors (Lipinski definition) is 4. The van der Waals surface area contributed by atoms with Gasteiger partial charge in [-0.2, -0.15) is 0 Å². The summed E-state index contributed by atoms with van der Waals surface area (Å²) >= 11 is 0. The summed E-state index contributed by atoms with van der Waals surface area (Å²) in [5.74, 6) is -0.153. The fraction of sp³-hybridized carbons (Fsp3) is 0.767. The molecule has 7 heteroatoms. The predicted octanol–water partition coefficient (Wildman–Crippen LogP) is 8.17. The van der Waals surface area contributed by atoms with Crippen LogP contribution in [0.4, 0.5) is 0 Å². The van der Waals surface area contributed by atoms with Crippen molar-refractivity contribution >= 4 is 35.9 Å². The highest BCUT2D eigenvalue weighted by Crippen LogP contribution is 2.49. The number of carbonyl (C=O) groups excluding carboxylic acids is 1. The van der Waals surface area contributed by atoms with Crippen LogP contribution < -0.4 is 5.38 Å². The molecule has 0 spiro atoms. The number of fused-ring (bicyclic) bond motifs is 4. The van der Waals surface area contributed by atoms with Gasteiger partial charge in [-0.15, -0.1) is 0 Å². The molecule has 0 aromatic carbocycles. The van der Waals surface area contributed by atoms with E-state index in [0.29, 0.717) is 6.42 Å². The van der Waals surface area contributed by atoms with Crippen molar-refractivity contribution in [2.45, 2.75) is 141 Å². The second kappa shape index (κ2) is 9.43. The van der Waals surface area contributed by atoms with Crippen molar-refractivity contribution in [1.29, 1.82) is 0 Å². The Morgan fingerprint density at radius 1 is 0.811 bits per heavy atom. The van der Waals surface area contributed by atoms with Gasteiger partial charge in [-0.05, 0) is 52.9 Å². The van der Waals surface area contributed by atoms with Crippen molar-refractivity contribution in [3.8, 4) is 0 Å². The van der Waals surface area contributed by atoms with E-state index in [2.05, 4.69) is 108 Å². The molecule has 0 radical (unpaired) electrons. The lowest BCUT2D eigenvalue weighted by molar-refractivity contribution is -0.126. The maximum atomic E-state index is 13.7. The summed E-state index contributed by atoms with van der Waals surface area (Å²) in [4.78, 5) is 13.7. The van der Waals surface area contributed by atoms with Crippen LogP contribution >= 0.6 is 0 Å². The molecule has 0 saturated heterocycles. The van der Waals surface area contributed by atoms with E-state index >= 15 is 0 Å². The SMILES string of the molecule is CC(C)(C)[Si](C)(C)O[C@H]1[C@@H]2C(=O)C=C[C@H]1c1coc([Si](C)(C)C(C)(C)C)c1C[C@H]2O[Si](C)(C)C(C)(C)C. The molecular weight excluding hydrogens is 509 g/mol. The Bertz CT molecular complexity index is 1040. The molecule has 1 aromatic heterocycles. The maximum absolute atomic E-state index is 13.7. The van der Waals surface area contributed by atoms with Gasteiger partial charge in [0.2, 0.25) is 0 Å². The lowest BCUT2D eigenvalue weighted by Gasteiger charge is -2.46. The lowest BCUT2D eigenvalue weighted by Crippen LogP contribution is -2.55. The van der Waals surface area contributed by atoms with E-state index in [1.165, 1.54) is 16.5 Å². The predicted molar refractivity (Wildman–Crippen MR) is 164 cm³/mol. The summed E-state index contributed by atoms with van der Waals surface area (Å²) in [6, 6.07) is 0. The molecule has 1 aromatic rings. The van der Waals surface area contributed by atoms with Crippen LogP contribution in [0.2, 0.25) is 54.4 Å². The highest BCUT2D eigenvalue weighted by molar-refractivity contribution is 6.91. The van der Waals surface area contributed by atoms with E-state index in [1.807, 2.05) is 6.26 Å². The molecule has 0 fully saturated rings. The van der Waals surface area contributed by atoms with Gasteiger partial charge in [0.15, 0.2) is 22.4 Å².